The van der Waals surface area contributed by atoms with E-state index in [9.17, 15) is 14.4 Å². The highest BCUT2D eigenvalue weighted by Gasteiger charge is 2.41. The van der Waals surface area contributed by atoms with E-state index in [4.69, 9.17) is 0 Å². The third-order valence-corrected chi connectivity index (χ3v) is 6.32. The van der Waals surface area contributed by atoms with Gasteiger partial charge in [-0.15, -0.1) is 0 Å². The topological polar surface area (TPSA) is 69.7 Å². The van der Waals surface area contributed by atoms with Crippen molar-refractivity contribution in [3.8, 4) is 0 Å². The van der Waals surface area contributed by atoms with Crippen LogP contribution in [0.4, 0.5) is 0 Å². The number of carbonyl (C=O) groups excluding carboxylic acids is 3. The number of rotatable bonds is 7. The quantitative estimate of drug-likeness (QED) is 0.671. The Bertz CT molecular complexity index is 797. The molecule has 0 unspecified atom stereocenters. The average Bonchev–Trinajstić information content (AvgIpc) is 2.98. The fourth-order valence-electron chi connectivity index (χ4n) is 5.17. The zero-order chi connectivity index (χ0) is 22.8. The van der Waals surface area contributed by atoms with Crippen molar-refractivity contribution in [2.75, 3.05) is 6.54 Å². The molecule has 3 amide bonds. The lowest BCUT2D eigenvalue weighted by atomic mass is 9.78. The second-order valence-electron chi connectivity index (χ2n) is 10.4. The van der Waals surface area contributed by atoms with Crippen LogP contribution in [-0.2, 0) is 16.1 Å². The number of unbranched alkanes of at least 4 members (excludes halogenated alkanes) is 1. The van der Waals surface area contributed by atoms with Crippen molar-refractivity contribution in [2.24, 2.45) is 0 Å². The Morgan fingerprint density at radius 3 is 2.10 bits per heavy atom. The number of hydrogen-bond donors (Lipinski definition) is 1. The molecule has 2 aliphatic rings. The molecule has 2 fully saturated rings. The van der Waals surface area contributed by atoms with E-state index in [-0.39, 0.29) is 41.4 Å². The number of likely N-dealkylation sites (tertiary alicyclic amines) is 1. The number of nitrogens with zero attached hydrogens (tertiary/aromatic N) is 2. The molecule has 3 rings (SSSR count). The average molecular weight is 428 g/mol. The number of piperidine rings is 1. The van der Waals surface area contributed by atoms with Crippen molar-refractivity contribution in [2.45, 2.75) is 96.8 Å². The maximum Gasteiger partial charge on any atom is 0.254 e. The summed E-state index contributed by atoms with van der Waals surface area (Å²) < 4.78 is 0. The highest BCUT2D eigenvalue weighted by Crippen LogP contribution is 2.32. The molecular formula is C25H37N3O3. The van der Waals surface area contributed by atoms with Crippen LogP contribution in [0, 0.1) is 0 Å². The van der Waals surface area contributed by atoms with Gasteiger partial charge in [-0.25, -0.2) is 0 Å². The first kappa shape index (κ1) is 23.5. The minimum atomic E-state index is -0.118. The van der Waals surface area contributed by atoms with E-state index in [1.807, 2.05) is 24.3 Å². The molecule has 1 aromatic rings. The Hall–Kier alpha value is -2.21. The fourth-order valence-corrected chi connectivity index (χ4v) is 5.17. The molecule has 0 saturated carbocycles. The van der Waals surface area contributed by atoms with E-state index in [2.05, 4.69) is 44.8 Å². The number of amides is 3. The molecule has 170 valence electrons. The summed E-state index contributed by atoms with van der Waals surface area (Å²) >= 11 is 0. The zero-order valence-electron chi connectivity index (χ0n) is 19.7. The fraction of sp³-hybridized carbons (Fsp3) is 0.640. The van der Waals surface area contributed by atoms with E-state index in [1.54, 1.807) is 0 Å². The first-order valence-corrected chi connectivity index (χ1v) is 11.5. The van der Waals surface area contributed by atoms with Gasteiger partial charge >= 0.3 is 0 Å². The van der Waals surface area contributed by atoms with Gasteiger partial charge in [0.15, 0.2) is 0 Å². The molecule has 2 saturated heterocycles. The molecule has 0 aliphatic carbocycles. The molecule has 6 heteroatoms. The summed E-state index contributed by atoms with van der Waals surface area (Å²) in [6.07, 6.45) is 4.45. The molecule has 0 radical (unpaired) electrons. The molecule has 0 atom stereocenters. The van der Waals surface area contributed by atoms with Crippen LogP contribution in [0.3, 0.4) is 0 Å². The summed E-state index contributed by atoms with van der Waals surface area (Å²) in [5.74, 6) is -0.175. The number of hydrogen-bond acceptors (Lipinski definition) is 4. The second-order valence-corrected chi connectivity index (χ2v) is 10.4. The van der Waals surface area contributed by atoms with Crippen molar-refractivity contribution in [1.82, 2.24) is 15.1 Å². The summed E-state index contributed by atoms with van der Waals surface area (Å²) in [4.78, 5) is 40.6. The van der Waals surface area contributed by atoms with Crippen LogP contribution >= 0.6 is 0 Å². The second kappa shape index (κ2) is 9.11. The lowest BCUT2D eigenvalue weighted by Gasteiger charge is -2.49. The van der Waals surface area contributed by atoms with Crippen molar-refractivity contribution < 1.29 is 14.4 Å². The third kappa shape index (κ3) is 5.73. The zero-order valence-corrected chi connectivity index (χ0v) is 19.7. The Balaban J connectivity index is 1.76. The van der Waals surface area contributed by atoms with Gasteiger partial charge in [-0.1, -0.05) is 25.5 Å². The Morgan fingerprint density at radius 2 is 1.58 bits per heavy atom. The van der Waals surface area contributed by atoms with Crippen LogP contribution in [0.5, 0.6) is 0 Å². The molecule has 0 bridgehead atoms. The van der Waals surface area contributed by atoms with Gasteiger partial charge in [0.25, 0.3) is 5.91 Å². The molecule has 31 heavy (non-hydrogen) atoms. The van der Waals surface area contributed by atoms with E-state index in [0.717, 1.165) is 37.8 Å². The van der Waals surface area contributed by atoms with E-state index >= 15 is 0 Å². The third-order valence-electron chi connectivity index (χ3n) is 6.32. The summed E-state index contributed by atoms with van der Waals surface area (Å²) in [6, 6.07) is 7.57. The molecule has 2 aliphatic heterocycles. The van der Waals surface area contributed by atoms with Gasteiger partial charge < -0.3 is 10.2 Å². The van der Waals surface area contributed by atoms with E-state index < -0.39 is 0 Å². The van der Waals surface area contributed by atoms with Crippen molar-refractivity contribution in [1.29, 1.82) is 0 Å². The van der Waals surface area contributed by atoms with Gasteiger partial charge in [0.05, 0.1) is 6.54 Å². The number of benzene rings is 1. The van der Waals surface area contributed by atoms with Gasteiger partial charge in [-0.2, -0.15) is 0 Å². The highest BCUT2D eigenvalue weighted by molar-refractivity contribution is 6.01. The van der Waals surface area contributed by atoms with Crippen LogP contribution in [0.2, 0.25) is 0 Å². The first-order chi connectivity index (χ1) is 14.5. The number of nitrogens with one attached hydrogen (secondary N) is 1. The molecule has 6 nitrogen and oxygen atoms in total. The Kier molecular flexibility index (Phi) is 6.89. The smallest absolute Gasteiger partial charge is 0.254 e. The van der Waals surface area contributed by atoms with Gasteiger partial charge in [0, 0.05) is 42.1 Å². The van der Waals surface area contributed by atoms with Gasteiger partial charge in [0.2, 0.25) is 11.8 Å². The maximum absolute atomic E-state index is 13.5. The maximum atomic E-state index is 13.5. The Morgan fingerprint density at radius 1 is 1.03 bits per heavy atom. The standard InChI is InChI=1S/C25H37N3O3/c1-6-7-14-27(20-15-24(2,3)26-25(4,5)16-20)23(31)19-10-8-18(9-11-19)17-28-21(29)12-13-22(28)30/h8-11,20,26H,6-7,12-17H2,1-5H3. The predicted octanol–water partition coefficient (Wildman–Crippen LogP) is 3.89. The predicted molar refractivity (Wildman–Crippen MR) is 121 cm³/mol. The van der Waals surface area contributed by atoms with Crippen LogP contribution in [0.25, 0.3) is 0 Å². The minimum Gasteiger partial charge on any atom is -0.336 e. The SMILES string of the molecule is CCCCN(C(=O)c1ccc(CN2C(=O)CCC2=O)cc1)C1CC(C)(C)NC(C)(C)C1. The van der Waals surface area contributed by atoms with Crippen LogP contribution in [0.15, 0.2) is 24.3 Å². The lowest BCUT2D eigenvalue weighted by molar-refractivity contribution is -0.139. The molecule has 1 N–H and O–H groups in total. The van der Waals surface area contributed by atoms with Gasteiger partial charge in [0.1, 0.15) is 0 Å². The van der Waals surface area contributed by atoms with Crippen molar-refractivity contribution in [3.05, 3.63) is 35.4 Å². The molecule has 2 heterocycles. The summed E-state index contributed by atoms with van der Waals surface area (Å²) in [5.41, 5.74) is 1.46. The van der Waals surface area contributed by atoms with Crippen molar-refractivity contribution >= 4 is 17.7 Å². The molecule has 1 aromatic carbocycles. The number of carbonyl (C=O) groups is 3. The first-order valence-electron chi connectivity index (χ1n) is 11.5. The van der Waals surface area contributed by atoms with Crippen LogP contribution < -0.4 is 5.32 Å². The van der Waals surface area contributed by atoms with E-state index in [0.29, 0.717) is 18.4 Å². The molecule has 0 aromatic heterocycles. The molecular weight excluding hydrogens is 390 g/mol. The summed E-state index contributed by atoms with van der Waals surface area (Å²) in [7, 11) is 0. The largest absolute Gasteiger partial charge is 0.336 e. The van der Waals surface area contributed by atoms with Crippen LogP contribution in [-0.4, -0.2) is 51.2 Å². The summed E-state index contributed by atoms with van der Waals surface area (Å²) in [5, 5.41) is 3.70. The summed E-state index contributed by atoms with van der Waals surface area (Å²) in [6.45, 7) is 12.0. The molecule has 0 spiro atoms. The Labute approximate surface area is 186 Å². The normalized spacial score (nSPS) is 20.9. The van der Waals surface area contributed by atoms with Gasteiger partial charge in [-0.3, -0.25) is 19.3 Å². The highest BCUT2D eigenvalue weighted by atomic mass is 16.2. The monoisotopic (exact) mass is 427 g/mol. The van der Waals surface area contributed by atoms with Crippen LogP contribution in [0.1, 0.15) is 89.1 Å². The van der Waals surface area contributed by atoms with E-state index in [1.165, 1.54) is 4.90 Å². The van der Waals surface area contributed by atoms with Crippen molar-refractivity contribution in [3.63, 3.8) is 0 Å². The minimum absolute atomic E-state index is 0.0319. The van der Waals surface area contributed by atoms with Gasteiger partial charge in [-0.05, 0) is 64.7 Å². The lowest BCUT2D eigenvalue weighted by Crippen LogP contribution is -2.62. The number of imide groups is 1.